The van der Waals surface area contributed by atoms with Gasteiger partial charge in [0, 0.05) is 37.9 Å². The highest BCUT2D eigenvalue weighted by atomic mass is 16.6. The van der Waals surface area contributed by atoms with E-state index in [0.717, 1.165) is 30.5 Å². The molecule has 1 aliphatic heterocycles. The lowest BCUT2D eigenvalue weighted by Crippen LogP contribution is -2.50. The quantitative estimate of drug-likeness (QED) is 0.437. The van der Waals surface area contributed by atoms with Crippen molar-refractivity contribution in [1.82, 2.24) is 9.47 Å². The molecule has 1 saturated heterocycles. The van der Waals surface area contributed by atoms with Crippen molar-refractivity contribution in [3.05, 3.63) is 35.5 Å². The van der Waals surface area contributed by atoms with Crippen LogP contribution < -0.4 is 0 Å². The molecular weight excluding hydrogens is 456 g/mol. The number of nitrogens with zero attached hydrogens (tertiary/aromatic N) is 2. The van der Waals surface area contributed by atoms with Crippen LogP contribution in [0.1, 0.15) is 78.5 Å². The highest BCUT2D eigenvalue weighted by Gasteiger charge is 2.47. The zero-order chi connectivity index (χ0) is 26.8. The summed E-state index contributed by atoms with van der Waals surface area (Å²) in [6.45, 7) is 14.8. The van der Waals surface area contributed by atoms with E-state index < -0.39 is 17.4 Å². The summed E-state index contributed by atoms with van der Waals surface area (Å²) in [5.74, 6) is 0.146. The van der Waals surface area contributed by atoms with Gasteiger partial charge in [-0.2, -0.15) is 0 Å². The van der Waals surface area contributed by atoms with Crippen LogP contribution in [-0.2, 0) is 27.7 Å². The molecule has 0 bridgehead atoms. The van der Waals surface area contributed by atoms with E-state index in [-0.39, 0.29) is 24.0 Å². The molecule has 1 aromatic heterocycles. The largest absolute Gasteiger partial charge is 0.444 e. The van der Waals surface area contributed by atoms with Crippen LogP contribution in [0.4, 0.5) is 4.79 Å². The number of rotatable bonds is 9. The van der Waals surface area contributed by atoms with Crippen molar-refractivity contribution >= 4 is 17.0 Å². The summed E-state index contributed by atoms with van der Waals surface area (Å²) >= 11 is 0. The second-order valence-corrected chi connectivity index (χ2v) is 12.0. The Morgan fingerprint density at radius 1 is 1.28 bits per heavy atom. The van der Waals surface area contributed by atoms with E-state index in [1.165, 1.54) is 10.9 Å². The summed E-state index contributed by atoms with van der Waals surface area (Å²) in [5, 5.41) is 12.8. The Balaban J connectivity index is 1.86. The Bertz CT molecular complexity index is 1040. The summed E-state index contributed by atoms with van der Waals surface area (Å²) in [4.78, 5) is 14.8. The number of methoxy groups -OCH3 is 1. The number of ether oxygens (including phenoxy) is 3. The predicted molar refractivity (Wildman–Crippen MR) is 143 cm³/mol. The zero-order valence-electron chi connectivity index (χ0n) is 23.6. The molecule has 0 radical (unpaired) electrons. The van der Waals surface area contributed by atoms with Crippen LogP contribution in [0.5, 0.6) is 0 Å². The number of aliphatic hydroxyl groups is 1. The monoisotopic (exact) mass is 502 g/mol. The molecule has 0 saturated carbocycles. The fourth-order valence-corrected chi connectivity index (χ4v) is 5.35. The van der Waals surface area contributed by atoms with Gasteiger partial charge in [-0.05, 0) is 89.0 Å². The first-order chi connectivity index (χ1) is 16.7. The van der Waals surface area contributed by atoms with Gasteiger partial charge in [-0.25, -0.2) is 4.79 Å². The van der Waals surface area contributed by atoms with E-state index in [1.807, 2.05) is 40.7 Å². The number of benzene rings is 1. The number of aromatic nitrogens is 1. The Morgan fingerprint density at radius 3 is 2.58 bits per heavy atom. The first-order valence-electron chi connectivity index (χ1n) is 13.2. The van der Waals surface area contributed by atoms with Gasteiger partial charge in [-0.3, -0.25) is 4.90 Å². The number of hydrogen-bond acceptors (Lipinski definition) is 5. The van der Waals surface area contributed by atoms with E-state index in [0.29, 0.717) is 13.0 Å². The van der Waals surface area contributed by atoms with Gasteiger partial charge in [0.25, 0.3) is 0 Å². The molecule has 3 rings (SSSR count). The van der Waals surface area contributed by atoms with E-state index in [4.69, 9.17) is 14.2 Å². The van der Waals surface area contributed by atoms with Crippen molar-refractivity contribution in [2.24, 2.45) is 18.9 Å². The van der Waals surface area contributed by atoms with Gasteiger partial charge in [0.2, 0.25) is 0 Å². The molecule has 1 aliphatic rings. The normalized spacial score (nSPS) is 19.8. The van der Waals surface area contributed by atoms with Gasteiger partial charge < -0.3 is 23.9 Å². The number of hydrogen-bond donors (Lipinski definition) is 1. The predicted octanol–water partition coefficient (Wildman–Crippen LogP) is 5.83. The molecule has 0 aliphatic carbocycles. The first-order valence-corrected chi connectivity index (χ1v) is 13.2. The minimum absolute atomic E-state index is 0.0597. The second-order valence-electron chi connectivity index (χ2n) is 12.0. The molecule has 7 nitrogen and oxygen atoms in total. The molecule has 3 unspecified atom stereocenters. The number of fused-ring (bicyclic) bond motifs is 1. The van der Waals surface area contributed by atoms with Crippen LogP contribution in [0.3, 0.4) is 0 Å². The van der Waals surface area contributed by atoms with Crippen LogP contribution >= 0.6 is 0 Å². The molecule has 1 amide bonds. The minimum atomic E-state index is -0.764. The molecule has 36 heavy (non-hydrogen) atoms. The minimum Gasteiger partial charge on any atom is -0.444 e. The Morgan fingerprint density at radius 2 is 1.97 bits per heavy atom. The highest BCUT2D eigenvalue weighted by Crippen LogP contribution is 2.39. The lowest BCUT2D eigenvalue weighted by atomic mass is 9.81. The molecule has 2 heterocycles. The van der Waals surface area contributed by atoms with E-state index in [2.05, 4.69) is 43.8 Å². The molecule has 202 valence electrons. The number of amides is 1. The SMILES string of the molecule is COCCCc1cn(C)c2ccc(C(O)C(CC3COC(C)(C)N3C(=O)OC(C)(C)C)C(C)C)cc12. The summed E-state index contributed by atoms with van der Waals surface area (Å²) in [5.41, 5.74) is 1.97. The smallest absolute Gasteiger partial charge is 0.412 e. The Labute approximate surface area is 216 Å². The summed E-state index contributed by atoms with van der Waals surface area (Å²) < 4.78 is 19.1. The van der Waals surface area contributed by atoms with Crippen molar-refractivity contribution in [2.75, 3.05) is 20.3 Å². The third-order valence-corrected chi connectivity index (χ3v) is 7.20. The number of carbonyl (C=O) groups is 1. The number of aryl methyl sites for hydroxylation is 2. The third-order valence-electron chi connectivity index (χ3n) is 7.20. The molecule has 7 heteroatoms. The van der Waals surface area contributed by atoms with Crippen LogP contribution in [0, 0.1) is 11.8 Å². The van der Waals surface area contributed by atoms with E-state index in [9.17, 15) is 9.90 Å². The standard InChI is InChI=1S/C29H46N2O5/c1-19(2)23(16-22-18-35-29(6,7)31(22)27(33)36-28(3,4)5)26(32)20-12-13-25-24(15-20)21(17-30(25)8)11-10-14-34-9/h12-13,15,17,19,22-23,26,32H,10-11,14,16,18H2,1-9H3. The maximum absolute atomic E-state index is 13.1. The van der Waals surface area contributed by atoms with E-state index in [1.54, 1.807) is 12.0 Å². The van der Waals surface area contributed by atoms with Crippen LogP contribution in [-0.4, -0.2) is 58.4 Å². The molecule has 1 aromatic carbocycles. The van der Waals surface area contributed by atoms with Gasteiger partial charge >= 0.3 is 6.09 Å². The summed E-state index contributed by atoms with van der Waals surface area (Å²) in [7, 11) is 3.78. The second kappa shape index (κ2) is 11.1. The van der Waals surface area contributed by atoms with Crippen LogP contribution in [0.25, 0.3) is 10.9 Å². The van der Waals surface area contributed by atoms with Gasteiger partial charge in [0.1, 0.15) is 11.3 Å². The van der Waals surface area contributed by atoms with Crippen molar-refractivity contribution in [2.45, 2.75) is 91.2 Å². The molecular formula is C29H46N2O5. The maximum Gasteiger partial charge on any atom is 0.412 e. The molecule has 1 N–H and O–H groups in total. The average Bonchev–Trinajstić information content (AvgIpc) is 3.25. The first kappa shape index (κ1) is 28.5. The highest BCUT2D eigenvalue weighted by molar-refractivity contribution is 5.84. The van der Waals surface area contributed by atoms with E-state index >= 15 is 0 Å². The fourth-order valence-electron chi connectivity index (χ4n) is 5.35. The van der Waals surface area contributed by atoms with Crippen LogP contribution in [0.2, 0.25) is 0 Å². The molecule has 0 spiro atoms. The third kappa shape index (κ3) is 6.42. The Kier molecular flexibility index (Phi) is 8.79. The summed E-state index contributed by atoms with van der Waals surface area (Å²) in [6, 6.07) is 6.09. The lowest BCUT2D eigenvalue weighted by molar-refractivity contribution is -0.0643. The van der Waals surface area contributed by atoms with Gasteiger partial charge in [0.15, 0.2) is 0 Å². The number of carbonyl (C=O) groups excluding carboxylic acids is 1. The van der Waals surface area contributed by atoms with Crippen molar-refractivity contribution in [3.63, 3.8) is 0 Å². The van der Waals surface area contributed by atoms with Crippen molar-refractivity contribution in [1.29, 1.82) is 0 Å². The maximum atomic E-state index is 13.1. The molecule has 2 aromatic rings. The molecule has 3 atom stereocenters. The lowest BCUT2D eigenvalue weighted by Gasteiger charge is -2.37. The zero-order valence-corrected chi connectivity index (χ0v) is 23.6. The number of aliphatic hydroxyl groups excluding tert-OH is 1. The average molecular weight is 503 g/mol. The van der Waals surface area contributed by atoms with Gasteiger partial charge in [-0.1, -0.05) is 19.9 Å². The van der Waals surface area contributed by atoms with Gasteiger partial charge in [0.05, 0.1) is 18.8 Å². The molecule has 1 fully saturated rings. The van der Waals surface area contributed by atoms with Crippen LogP contribution in [0.15, 0.2) is 24.4 Å². The Hall–Kier alpha value is -2.09. The fraction of sp³-hybridized carbons (Fsp3) is 0.690. The topological polar surface area (TPSA) is 73.2 Å². The van der Waals surface area contributed by atoms with Crippen molar-refractivity contribution in [3.8, 4) is 0 Å². The summed E-state index contributed by atoms with van der Waals surface area (Å²) in [6.07, 6.45) is 3.64. The van der Waals surface area contributed by atoms with Gasteiger partial charge in [-0.15, -0.1) is 0 Å². The van der Waals surface area contributed by atoms with Crippen molar-refractivity contribution < 1.29 is 24.1 Å².